The molecule has 0 saturated heterocycles. The lowest BCUT2D eigenvalue weighted by Crippen LogP contribution is -2.30. The molecular formula is C19H25N3O2S. The molecule has 0 bridgehead atoms. The van der Waals surface area contributed by atoms with Gasteiger partial charge in [-0.3, -0.25) is 15.0 Å². The van der Waals surface area contributed by atoms with E-state index in [2.05, 4.69) is 22.1 Å². The topological polar surface area (TPSA) is 54.5 Å². The molecule has 1 amide bonds. The average molecular weight is 359 g/mol. The third-order valence-electron chi connectivity index (χ3n) is 4.06. The van der Waals surface area contributed by atoms with Crippen LogP contribution in [0.2, 0.25) is 0 Å². The number of amides is 1. The lowest BCUT2D eigenvalue weighted by atomic mass is 10.2. The zero-order valence-corrected chi connectivity index (χ0v) is 15.9. The summed E-state index contributed by atoms with van der Waals surface area (Å²) in [7, 11) is 0. The molecule has 6 heteroatoms. The quantitative estimate of drug-likeness (QED) is 0.848. The van der Waals surface area contributed by atoms with Crippen LogP contribution in [0.25, 0.3) is 0 Å². The fourth-order valence-corrected chi connectivity index (χ4v) is 3.98. The Morgan fingerprint density at radius 2 is 2.12 bits per heavy atom. The molecule has 0 aliphatic carbocycles. The number of carbonyl (C=O) groups is 1. The standard InChI is InChI=1S/C19H25N3O2S/c1-4-10-22-11-9-16-17(12-22)25-19(20-16)21-18(23)14-5-7-15(8-6-14)24-13(2)3/h5-8,13H,4,9-12H2,1-3H3,(H,20,21,23). The van der Waals surface area contributed by atoms with Crippen molar-refractivity contribution in [3.05, 3.63) is 40.4 Å². The van der Waals surface area contributed by atoms with Crippen LogP contribution in [0.1, 0.15) is 48.1 Å². The Bertz CT molecular complexity index is 725. The molecule has 0 atom stereocenters. The van der Waals surface area contributed by atoms with Crippen LogP contribution in [0.5, 0.6) is 5.75 Å². The lowest BCUT2D eigenvalue weighted by molar-refractivity contribution is 0.102. The number of hydrogen-bond donors (Lipinski definition) is 1. The van der Waals surface area contributed by atoms with Crippen LogP contribution in [-0.4, -0.2) is 35.0 Å². The van der Waals surface area contributed by atoms with Crippen molar-refractivity contribution in [2.45, 2.75) is 46.3 Å². The molecule has 0 saturated carbocycles. The first-order chi connectivity index (χ1) is 12.0. The Labute approximate surface area is 153 Å². The van der Waals surface area contributed by atoms with Crippen LogP contribution >= 0.6 is 11.3 Å². The summed E-state index contributed by atoms with van der Waals surface area (Å²) in [5.74, 6) is 0.639. The first kappa shape index (κ1) is 17.9. The van der Waals surface area contributed by atoms with Crippen molar-refractivity contribution in [3.63, 3.8) is 0 Å². The van der Waals surface area contributed by atoms with Crippen LogP contribution in [0.15, 0.2) is 24.3 Å². The highest BCUT2D eigenvalue weighted by atomic mass is 32.1. The van der Waals surface area contributed by atoms with Crippen LogP contribution in [0, 0.1) is 0 Å². The van der Waals surface area contributed by atoms with Gasteiger partial charge in [-0.1, -0.05) is 6.92 Å². The molecule has 134 valence electrons. The van der Waals surface area contributed by atoms with E-state index >= 15 is 0 Å². The van der Waals surface area contributed by atoms with E-state index in [9.17, 15) is 4.79 Å². The highest BCUT2D eigenvalue weighted by molar-refractivity contribution is 7.15. The molecule has 5 nitrogen and oxygen atoms in total. The average Bonchev–Trinajstić information content (AvgIpc) is 2.96. The molecule has 0 fully saturated rings. The summed E-state index contributed by atoms with van der Waals surface area (Å²) in [5.41, 5.74) is 1.74. The van der Waals surface area contributed by atoms with Gasteiger partial charge in [0.1, 0.15) is 5.75 Å². The predicted molar refractivity (Wildman–Crippen MR) is 102 cm³/mol. The summed E-state index contributed by atoms with van der Waals surface area (Å²) in [5, 5.41) is 3.62. The predicted octanol–water partition coefficient (Wildman–Crippen LogP) is 3.95. The molecule has 2 aromatic rings. The van der Waals surface area contributed by atoms with Gasteiger partial charge in [-0.05, 0) is 51.1 Å². The molecule has 0 spiro atoms. The molecule has 0 radical (unpaired) electrons. The lowest BCUT2D eigenvalue weighted by Gasteiger charge is -2.24. The number of ether oxygens (including phenoxy) is 1. The van der Waals surface area contributed by atoms with Crippen LogP contribution in [0.4, 0.5) is 5.13 Å². The van der Waals surface area contributed by atoms with E-state index in [1.54, 1.807) is 23.5 Å². The van der Waals surface area contributed by atoms with E-state index in [-0.39, 0.29) is 12.0 Å². The maximum absolute atomic E-state index is 12.4. The number of nitrogens with zero attached hydrogens (tertiary/aromatic N) is 2. The third-order valence-corrected chi connectivity index (χ3v) is 5.06. The molecule has 1 aliphatic rings. The van der Waals surface area contributed by atoms with Crippen molar-refractivity contribution in [2.75, 3.05) is 18.4 Å². The van der Waals surface area contributed by atoms with E-state index < -0.39 is 0 Å². The minimum absolute atomic E-state index is 0.119. The molecule has 1 aromatic carbocycles. The number of rotatable bonds is 6. The zero-order valence-electron chi connectivity index (χ0n) is 15.0. The normalized spacial score (nSPS) is 14.4. The van der Waals surface area contributed by atoms with Gasteiger partial charge in [0, 0.05) is 30.0 Å². The Morgan fingerprint density at radius 1 is 1.36 bits per heavy atom. The van der Waals surface area contributed by atoms with E-state index in [1.165, 1.54) is 4.88 Å². The van der Waals surface area contributed by atoms with Crippen molar-refractivity contribution >= 4 is 22.4 Å². The van der Waals surface area contributed by atoms with E-state index in [4.69, 9.17) is 4.74 Å². The van der Waals surface area contributed by atoms with Crippen molar-refractivity contribution in [2.24, 2.45) is 0 Å². The van der Waals surface area contributed by atoms with Gasteiger partial charge in [0.05, 0.1) is 11.8 Å². The van der Waals surface area contributed by atoms with Crippen LogP contribution in [0.3, 0.4) is 0 Å². The fourth-order valence-electron chi connectivity index (χ4n) is 2.94. The van der Waals surface area contributed by atoms with Gasteiger partial charge in [-0.15, -0.1) is 11.3 Å². The number of fused-ring (bicyclic) bond motifs is 1. The van der Waals surface area contributed by atoms with E-state index in [0.29, 0.717) is 10.7 Å². The Kier molecular flexibility index (Phi) is 5.71. The smallest absolute Gasteiger partial charge is 0.257 e. The molecule has 1 N–H and O–H groups in total. The number of benzene rings is 1. The van der Waals surface area contributed by atoms with Gasteiger partial charge in [-0.2, -0.15) is 0 Å². The van der Waals surface area contributed by atoms with Crippen LogP contribution < -0.4 is 10.1 Å². The molecule has 3 rings (SSSR count). The van der Waals surface area contributed by atoms with Gasteiger partial charge in [-0.25, -0.2) is 4.98 Å². The minimum atomic E-state index is -0.132. The monoisotopic (exact) mass is 359 g/mol. The van der Waals surface area contributed by atoms with Crippen LogP contribution in [-0.2, 0) is 13.0 Å². The molecule has 0 unspecified atom stereocenters. The van der Waals surface area contributed by atoms with Gasteiger partial charge < -0.3 is 4.74 Å². The Morgan fingerprint density at radius 3 is 2.80 bits per heavy atom. The van der Waals surface area contributed by atoms with Gasteiger partial charge in [0.25, 0.3) is 5.91 Å². The summed E-state index contributed by atoms with van der Waals surface area (Å²) in [4.78, 5) is 20.8. The van der Waals surface area contributed by atoms with E-state index in [1.807, 2.05) is 26.0 Å². The van der Waals surface area contributed by atoms with E-state index in [0.717, 1.165) is 43.9 Å². The van der Waals surface area contributed by atoms with Crippen molar-refractivity contribution in [1.29, 1.82) is 0 Å². The van der Waals surface area contributed by atoms with Crippen molar-refractivity contribution < 1.29 is 9.53 Å². The SMILES string of the molecule is CCCN1CCc2nc(NC(=O)c3ccc(OC(C)C)cc3)sc2C1. The molecule has 25 heavy (non-hydrogen) atoms. The number of thiazole rings is 1. The first-order valence-corrected chi connectivity index (χ1v) is 9.65. The second kappa shape index (κ2) is 7.97. The number of carbonyl (C=O) groups excluding carboxylic acids is 1. The number of hydrogen-bond acceptors (Lipinski definition) is 5. The first-order valence-electron chi connectivity index (χ1n) is 8.84. The fraction of sp³-hybridized carbons (Fsp3) is 0.474. The number of nitrogens with one attached hydrogen (secondary N) is 1. The van der Waals surface area contributed by atoms with Gasteiger partial charge in [0.15, 0.2) is 5.13 Å². The maximum atomic E-state index is 12.4. The molecular weight excluding hydrogens is 334 g/mol. The molecule has 1 aliphatic heterocycles. The number of anilines is 1. The zero-order chi connectivity index (χ0) is 17.8. The summed E-state index contributed by atoms with van der Waals surface area (Å²) in [6.07, 6.45) is 2.24. The number of aromatic nitrogens is 1. The van der Waals surface area contributed by atoms with Crippen molar-refractivity contribution in [1.82, 2.24) is 9.88 Å². The maximum Gasteiger partial charge on any atom is 0.257 e. The highest BCUT2D eigenvalue weighted by Crippen LogP contribution is 2.28. The van der Waals surface area contributed by atoms with Gasteiger partial charge >= 0.3 is 0 Å². The summed E-state index contributed by atoms with van der Waals surface area (Å²) < 4.78 is 5.61. The highest BCUT2D eigenvalue weighted by Gasteiger charge is 2.21. The molecule has 2 heterocycles. The molecule has 1 aromatic heterocycles. The Hall–Kier alpha value is -1.92. The summed E-state index contributed by atoms with van der Waals surface area (Å²) in [6.45, 7) is 9.27. The Balaban J connectivity index is 1.64. The minimum Gasteiger partial charge on any atom is -0.491 e. The second-order valence-electron chi connectivity index (χ2n) is 6.56. The summed E-state index contributed by atoms with van der Waals surface area (Å²) >= 11 is 1.59. The van der Waals surface area contributed by atoms with Gasteiger partial charge in [0.2, 0.25) is 0 Å². The summed E-state index contributed by atoms with van der Waals surface area (Å²) in [6, 6.07) is 7.21. The largest absolute Gasteiger partial charge is 0.491 e. The van der Waals surface area contributed by atoms with Crippen molar-refractivity contribution in [3.8, 4) is 5.75 Å². The second-order valence-corrected chi connectivity index (χ2v) is 7.64. The third kappa shape index (κ3) is 4.58.